The van der Waals surface area contributed by atoms with Crippen LogP contribution in [-0.4, -0.2) is 26.8 Å². The van der Waals surface area contributed by atoms with E-state index in [1.807, 2.05) is 0 Å². The van der Waals surface area contributed by atoms with Gasteiger partial charge in [-0.2, -0.15) is 0 Å². The summed E-state index contributed by atoms with van der Waals surface area (Å²) < 4.78 is 27.8. The normalized spacial score (nSPS) is 13.8. The molecule has 3 aromatic carbocycles. The van der Waals surface area contributed by atoms with E-state index in [1.165, 1.54) is 18.2 Å². The molecule has 2 amide bonds. The van der Waals surface area contributed by atoms with Gasteiger partial charge in [-0.1, -0.05) is 30.3 Å². The van der Waals surface area contributed by atoms with Gasteiger partial charge in [-0.15, -0.1) is 0 Å². The van der Waals surface area contributed by atoms with E-state index >= 15 is 0 Å². The summed E-state index contributed by atoms with van der Waals surface area (Å²) in [5, 5.41) is 2.78. The molecule has 8 heteroatoms. The van der Waals surface area contributed by atoms with E-state index in [0.29, 0.717) is 18.7 Å². The van der Waals surface area contributed by atoms with Gasteiger partial charge in [-0.3, -0.25) is 14.3 Å². The first-order valence-corrected chi connectivity index (χ1v) is 11.3. The van der Waals surface area contributed by atoms with Gasteiger partial charge in [0.2, 0.25) is 5.91 Å². The Balaban J connectivity index is 1.51. The lowest BCUT2D eigenvalue weighted by Gasteiger charge is -2.16. The molecule has 0 spiro atoms. The Hall–Kier alpha value is -3.65. The van der Waals surface area contributed by atoms with Gasteiger partial charge in [-0.25, -0.2) is 8.42 Å². The number of sulfonamides is 1. The Morgan fingerprint density at radius 1 is 0.871 bits per heavy atom. The number of amides is 2. The van der Waals surface area contributed by atoms with E-state index in [-0.39, 0.29) is 22.1 Å². The molecule has 0 bridgehead atoms. The fraction of sp³-hybridized carbons (Fsp3) is 0.130. The monoisotopic (exact) mass is 435 g/mol. The van der Waals surface area contributed by atoms with Crippen molar-refractivity contribution in [1.29, 1.82) is 0 Å². The Morgan fingerprint density at radius 3 is 2.23 bits per heavy atom. The average molecular weight is 436 g/mol. The molecule has 158 valence electrons. The molecule has 1 fully saturated rings. The molecule has 0 saturated carbocycles. The molecule has 1 aliphatic heterocycles. The molecule has 3 aromatic rings. The number of hydrogen-bond donors (Lipinski definition) is 2. The molecule has 7 nitrogen and oxygen atoms in total. The maximum absolute atomic E-state index is 12.8. The Bertz CT molecular complexity index is 1210. The van der Waals surface area contributed by atoms with Crippen LogP contribution in [0.1, 0.15) is 23.2 Å². The zero-order chi connectivity index (χ0) is 21.8. The van der Waals surface area contributed by atoms with E-state index in [0.717, 1.165) is 12.1 Å². The first kappa shape index (κ1) is 20.6. The largest absolute Gasteiger partial charge is 0.322 e. The Morgan fingerprint density at radius 2 is 1.55 bits per heavy atom. The minimum Gasteiger partial charge on any atom is -0.322 e. The highest BCUT2D eigenvalue weighted by Crippen LogP contribution is 2.25. The SMILES string of the molecule is O=C(Nc1ccc(N2CCCC2=O)cc1)c1ccccc1NS(=O)(=O)c1ccccc1. The van der Waals surface area contributed by atoms with E-state index in [9.17, 15) is 18.0 Å². The van der Waals surface area contributed by atoms with Gasteiger partial charge in [0.05, 0.1) is 16.1 Å². The van der Waals surface area contributed by atoms with Gasteiger partial charge in [-0.05, 0) is 55.0 Å². The second kappa shape index (κ2) is 8.61. The first-order valence-electron chi connectivity index (χ1n) is 9.83. The summed E-state index contributed by atoms with van der Waals surface area (Å²) in [6, 6.07) is 21.4. The number of nitrogens with one attached hydrogen (secondary N) is 2. The summed E-state index contributed by atoms with van der Waals surface area (Å²) in [6.45, 7) is 0.694. The molecule has 0 atom stereocenters. The quantitative estimate of drug-likeness (QED) is 0.614. The topological polar surface area (TPSA) is 95.6 Å². The van der Waals surface area contributed by atoms with Crippen molar-refractivity contribution >= 4 is 38.9 Å². The third-order valence-electron chi connectivity index (χ3n) is 4.98. The molecule has 0 unspecified atom stereocenters. The third kappa shape index (κ3) is 4.59. The van der Waals surface area contributed by atoms with Crippen LogP contribution in [0.4, 0.5) is 17.1 Å². The maximum Gasteiger partial charge on any atom is 0.261 e. The summed E-state index contributed by atoms with van der Waals surface area (Å²) in [5.74, 6) is -0.354. The second-order valence-corrected chi connectivity index (χ2v) is 8.80. The van der Waals surface area contributed by atoms with Crippen LogP contribution in [0, 0.1) is 0 Å². The lowest BCUT2D eigenvalue weighted by molar-refractivity contribution is -0.117. The highest BCUT2D eigenvalue weighted by molar-refractivity contribution is 7.92. The van der Waals surface area contributed by atoms with Crippen LogP contribution in [-0.2, 0) is 14.8 Å². The van der Waals surface area contributed by atoms with Crippen molar-refractivity contribution in [3.8, 4) is 0 Å². The molecule has 0 radical (unpaired) electrons. The van der Waals surface area contributed by atoms with Crippen LogP contribution in [0.2, 0.25) is 0 Å². The summed E-state index contributed by atoms with van der Waals surface area (Å²) in [6.07, 6.45) is 1.39. The lowest BCUT2D eigenvalue weighted by Crippen LogP contribution is -2.23. The number of nitrogens with zero attached hydrogens (tertiary/aromatic N) is 1. The van der Waals surface area contributed by atoms with Crippen LogP contribution in [0.15, 0.2) is 83.8 Å². The van der Waals surface area contributed by atoms with Crippen LogP contribution >= 0.6 is 0 Å². The lowest BCUT2D eigenvalue weighted by atomic mass is 10.1. The zero-order valence-corrected chi connectivity index (χ0v) is 17.4. The molecular formula is C23H21N3O4S. The fourth-order valence-electron chi connectivity index (χ4n) is 3.42. The molecule has 4 rings (SSSR count). The van der Waals surface area contributed by atoms with Crippen LogP contribution < -0.4 is 14.9 Å². The smallest absolute Gasteiger partial charge is 0.261 e. The van der Waals surface area contributed by atoms with Crippen molar-refractivity contribution in [2.24, 2.45) is 0 Å². The predicted octanol–water partition coefficient (Wildman–Crippen LogP) is 3.87. The molecule has 1 saturated heterocycles. The van der Waals surface area contributed by atoms with Gasteiger partial charge >= 0.3 is 0 Å². The molecule has 2 N–H and O–H groups in total. The number of hydrogen-bond acceptors (Lipinski definition) is 4. The zero-order valence-electron chi connectivity index (χ0n) is 16.6. The summed E-state index contributed by atoms with van der Waals surface area (Å²) in [4.78, 5) is 26.5. The van der Waals surface area contributed by atoms with Gasteiger partial charge < -0.3 is 10.2 Å². The number of carbonyl (C=O) groups is 2. The van der Waals surface area contributed by atoms with Crippen molar-refractivity contribution < 1.29 is 18.0 Å². The summed E-state index contributed by atoms with van der Waals surface area (Å²) >= 11 is 0. The summed E-state index contributed by atoms with van der Waals surface area (Å²) in [7, 11) is -3.83. The number of benzene rings is 3. The van der Waals surface area contributed by atoms with Crippen molar-refractivity contribution in [1.82, 2.24) is 0 Å². The van der Waals surface area contributed by atoms with E-state index in [2.05, 4.69) is 10.0 Å². The molecule has 1 aliphatic rings. The highest BCUT2D eigenvalue weighted by atomic mass is 32.2. The van der Waals surface area contributed by atoms with E-state index in [1.54, 1.807) is 65.6 Å². The minimum absolute atomic E-state index is 0.0939. The van der Waals surface area contributed by atoms with Gasteiger partial charge in [0.15, 0.2) is 0 Å². The molecular weight excluding hydrogens is 414 g/mol. The van der Waals surface area contributed by atoms with E-state index < -0.39 is 15.9 Å². The number of carbonyl (C=O) groups excluding carboxylic acids is 2. The first-order chi connectivity index (χ1) is 14.9. The maximum atomic E-state index is 12.8. The average Bonchev–Trinajstić information content (AvgIpc) is 3.21. The van der Waals surface area contributed by atoms with Gasteiger partial charge in [0.1, 0.15) is 0 Å². The molecule has 0 aromatic heterocycles. The number of para-hydroxylation sites is 1. The van der Waals surface area contributed by atoms with Crippen LogP contribution in [0.25, 0.3) is 0 Å². The molecule has 0 aliphatic carbocycles. The fourth-order valence-corrected chi connectivity index (χ4v) is 4.52. The Labute approximate surface area is 180 Å². The molecule has 31 heavy (non-hydrogen) atoms. The van der Waals surface area contributed by atoms with Gasteiger partial charge in [0.25, 0.3) is 15.9 Å². The van der Waals surface area contributed by atoms with Crippen molar-refractivity contribution in [2.45, 2.75) is 17.7 Å². The standard InChI is InChI=1S/C23H21N3O4S/c27-22-11-6-16-26(22)18-14-12-17(13-15-18)24-23(28)20-9-4-5-10-21(20)25-31(29,30)19-7-2-1-3-8-19/h1-5,7-10,12-15,25H,6,11,16H2,(H,24,28). The summed E-state index contributed by atoms with van der Waals surface area (Å²) in [5.41, 5.74) is 1.71. The van der Waals surface area contributed by atoms with Crippen molar-refractivity contribution in [3.05, 3.63) is 84.4 Å². The van der Waals surface area contributed by atoms with Crippen molar-refractivity contribution in [2.75, 3.05) is 21.5 Å². The number of anilines is 3. The van der Waals surface area contributed by atoms with Crippen LogP contribution in [0.5, 0.6) is 0 Å². The van der Waals surface area contributed by atoms with Crippen LogP contribution in [0.3, 0.4) is 0 Å². The van der Waals surface area contributed by atoms with Crippen molar-refractivity contribution in [3.63, 3.8) is 0 Å². The third-order valence-corrected chi connectivity index (χ3v) is 6.36. The molecule has 1 heterocycles. The number of rotatable bonds is 6. The minimum atomic E-state index is -3.83. The van der Waals surface area contributed by atoms with E-state index in [4.69, 9.17) is 0 Å². The second-order valence-electron chi connectivity index (χ2n) is 7.11. The highest BCUT2D eigenvalue weighted by Gasteiger charge is 2.22. The predicted molar refractivity (Wildman–Crippen MR) is 120 cm³/mol. The van der Waals surface area contributed by atoms with Gasteiger partial charge in [0, 0.05) is 24.3 Å². The Kier molecular flexibility index (Phi) is 5.73.